The number of aryl methyl sites for hydroxylation is 1. The van der Waals surface area contributed by atoms with Gasteiger partial charge in [-0.05, 0) is 31.2 Å². The Morgan fingerprint density at radius 3 is 2.59 bits per heavy atom. The number of benzene rings is 1. The largest absolute Gasteiger partial charge is 0.497 e. The van der Waals surface area contributed by atoms with E-state index >= 15 is 0 Å². The van der Waals surface area contributed by atoms with E-state index in [-0.39, 0.29) is 11.7 Å². The first-order valence-electron chi connectivity index (χ1n) is 5.03. The average molecular weight is 232 g/mol. The van der Waals surface area contributed by atoms with Crippen molar-refractivity contribution in [3.8, 4) is 5.75 Å². The maximum atomic E-state index is 11.7. The summed E-state index contributed by atoms with van der Waals surface area (Å²) in [6.07, 6.45) is 0. The van der Waals surface area contributed by atoms with Crippen LogP contribution in [0, 0.1) is 6.92 Å². The van der Waals surface area contributed by atoms with Crippen LogP contribution in [0.15, 0.2) is 24.3 Å². The monoisotopic (exact) mass is 232 g/mol. The Bertz CT molecular complexity index is 519. The quantitative estimate of drug-likeness (QED) is 0.837. The number of amides is 1. The molecule has 1 heterocycles. The number of H-pyrrole nitrogens is 1. The molecule has 0 radical (unpaired) electrons. The zero-order valence-electron chi connectivity index (χ0n) is 9.52. The zero-order valence-corrected chi connectivity index (χ0v) is 9.52. The first-order chi connectivity index (χ1) is 8.19. The minimum absolute atomic E-state index is 0.123. The summed E-state index contributed by atoms with van der Waals surface area (Å²) in [6.45, 7) is 1.73. The highest BCUT2D eigenvalue weighted by Crippen LogP contribution is 2.15. The number of aromatic amines is 1. The molecule has 2 rings (SSSR count). The molecule has 0 saturated heterocycles. The molecule has 88 valence electrons. The van der Waals surface area contributed by atoms with Gasteiger partial charge in [-0.25, -0.2) is 4.98 Å². The Hall–Kier alpha value is -2.37. The van der Waals surface area contributed by atoms with Crippen LogP contribution in [0.25, 0.3) is 0 Å². The Morgan fingerprint density at radius 1 is 1.35 bits per heavy atom. The van der Waals surface area contributed by atoms with Crippen molar-refractivity contribution in [3.63, 3.8) is 0 Å². The van der Waals surface area contributed by atoms with Crippen LogP contribution in [0.3, 0.4) is 0 Å². The van der Waals surface area contributed by atoms with Crippen LogP contribution in [-0.2, 0) is 0 Å². The number of nitrogens with one attached hydrogen (secondary N) is 2. The lowest BCUT2D eigenvalue weighted by Gasteiger charge is -2.03. The molecule has 1 aromatic heterocycles. The second-order valence-corrected chi connectivity index (χ2v) is 3.43. The van der Waals surface area contributed by atoms with Gasteiger partial charge in [-0.3, -0.25) is 9.89 Å². The summed E-state index contributed by atoms with van der Waals surface area (Å²) in [4.78, 5) is 15.6. The lowest BCUT2D eigenvalue weighted by Crippen LogP contribution is -2.13. The van der Waals surface area contributed by atoms with Gasteiger partial charge in [0.1, 0.15) is 11.6 Å². The summed E-state index contributed by atoms with van der Waals surface area (Å²) in [6, 6.07) is 7.02. The Kier molecular flexibility index (Phi) is 3.04. The fourth-order valence-electron chi connectivity index (χ4n) is 1.31. The number of hydrogen-bond acceptors (Lipinski definition) is 4. The summed E-state index contributed by atoms with van der Waals surface area (Å²) in [5, 5.41) is 9.07. The highest BCUT2D eigenvalue weighted by atomic mass is 16.5. The minimum atomic E-state index is -0.348. The third-order valence-corrected chi connectivity index (χ3v) is 2.15. The number of rotatable bonds is 3. The number of ether oxygens (including phenoxy) is 1. The minimum Gasteiger partial charge on any atom is -0.497 e. The SMILES string of the molecule is COc1ccc(NC(=O)c2n[nH]c(C)n2)cc1. The Morgan fingerprint density at radius 2 is 2.06 bits per heavy atom. The third kappa shape index (κ3) is 2.60. The molecule has 0 spiro atoms. The van der Waals surface area contributed by atoms with Crippen LogP contribution in [-0.4, -0.2) is 28.2 Å². The fraction of sp³-hybridized carbons (Fsp3) is 0.182. The predicted molar refractivity (Wildman–Crippen MR) is 62.1 cm³/mol. The summed E-state index contributed by atoms with van der Waals surface area (Å²) in [5.41, 5.74) is 0.665. The van der Waals surface area contributed by atoms with E-state index in [4.69, 9.17) is 4.74 Å². The topological polar surface area (TPSA) is 79.9 Å². The average Bonchev–Trinajstić information content (AvgIpc) is 2.77. The molecule has 0 bridgehead atoms. The van der Waals surface area contributed by atoms with Crippen molar-refractivity contribution in [1.29, 1.82) is 0 Å². The molecule has 0 atom stereocenters. The summed E-state index contributed by atoms with van der Waals surface area (Å²) in [5.74, 6) is 1.11. The number of aromatic nitrogens is 3. The van der Waals surface area contributed by atoms with Gasteiger partial charge in [-0.2, -0.15) is 0 Å². The second-order valence-electron chi connectivity index (χ2n) is 3.43. The molecule has 0 unspecified atom stereocenters. The summed E-state index contributed by atoms with van der Waals surface area (Å²) >= 11 is 0. The van der Waals surface area contributed by atoms with Crippen molar-refractivity contribution in [2.24, 2.45) is 0 Å². The number of nitrogens with zero attached hydrogens (tertiary/aromatic N) is 2. The number of hydrogen-bond donors (Lipinski definition) is 2. The van der Waals surface area contributed by atoms with Gasteiger partial charge in [0, 0.05) is 5.69 Å². The lowest BCUT2D eigenvalue weighted by molar-refractivity contribution is 0.101. The maximum Gasteiger partial charge on any atom is 0.295 e. The summed E-state index contributed by atoms with van der Waals surface area (Å²) < 4.78 is 5.02. The van der Waals surface area contributed by atoms with Crippen molar-refractivity contribution < 1.29 is 9.53 Å². The van der Waals surface area contributed by atoms with Gasteiger partial charge in [0.05, 0.1) is 7.11 Å². The molecule has 1 amide bonds. The van der Waals surface area contributed by atoms with Crippen LogP contribution in [0.1, 0.15) is 16.4 Å². The van der Waals surface area contributed by atoms with E-state index in [1.165, 1.54) is 0 Å². The molecule has 0 aliphatic heterocycles. The first-order valence-corrected chi connectivity index (χ1v) is 5.03. The highest BCUT2D eigenvalue weighted by molar-refractivity contribution is 6.01. The summed E-state index contributed by atoms with van der Waals surface area (Å²) in [7, 11) is 1.59. The smallest absolute Gasteiger partial charge is 0.295 e. The van der Waals surface area contributed by atoms with Gasteiger partial charge in [-0.1, -0.05) is 0 Å². The molecule has 6 heteroatoms. The molecule has 0 fully saturated rings. The molecular weight excluding hydrogens is 220 g/mol. The maximum absolute atomic E-state index is 11.7. The molecular formula is C11H12N4O2. The van der Waals surface area contributed by atoms with E-state index in [0.29, 0.717) is 11.5 Å². The first kappa shape index (κ1) is 11.1. The molecule has 0 aliphatic carbocycles. The van der Waals surface area contributed by atoms with Gasteiger partial charge in [0.2, 0.25) is 5.82 Å². The van der Waals surface area contributed by atoms with E-state index in [9.17, 15) is 4.79 Å². The van der Waals surface area contributed by atoms with Crippen molar-refractivity contribution in [2.75, 3.05) is 12.4 Å². The fourth-order valence-corrected chi connectivity index (χ4v) is 1.31. The third-order valence-electron chi connectivity index (χ3n) is 2.15. The van der Waals surface area contributed by atoms with Crippen molar-refractivity contribution in [1.82, 2.24) is 15.2 Å². The van der Waals surface area contributed by atoms with Gasteiger partial charge < -0.3 is 10.1 Å². The van der Waals surface area contributed by atoms with E-state index in [1.54, 1.807) is 38.3 Å². The van der Waals surface area contributed by atoms with Crippen molar-refractivity contribution in [2.45, 2.75) is 6.92 Å². The van der Waals surface area contributed by atoms with Crippen LogP contribution >= 0.6 is 0 Å². The number of anilines is 1. The van der Waals surface area contributed by atoms with Crippen molar-refractivity contribution in [3.05, 3.63) is 35.9 Å². The molecule has 6 nitrogen and oxygen atoms in total. The normalized spacial score (nSPS) is 10.0. The molecule has 0 saturated carbocycles. The second kappa shape index (κ2) is 4.65. The van der Waals surface area contributed by atoms with Crippen LogP contribution < -0.4 is 10.1 Å². The van der Waals surface area contributed by atoms with Crippen LogP contribution in [0.5, 0.6) is 5.75 Å². The van der Waals surface area contributed by atoms with Gasteiger partial charge in [0.25, 0.3) is 5.91 Å². The molecule has 17 heavy (non-hydrogen) atoms. The molecule has 0 aliphatic rings. The predicted octanol–water partition coefficient (Wildman–Crippen LogP) is 1.37. The standard InChI is InChI=1S/C11H12N4O2/c1-7-12-10(15-14-7)11(16)13-8-3-5-9(17-2)6-4-8/h3-6H,1-2H3,(H,13,16)(H,12,14,15). The van der Waals surface area contributed by atoms with Gasteiger partial charge in [0.15, 0.2) is 0 Å². The number of carbonyl (C=O) groups excluding carboxylic acids is 1. The van der Waals surface area contributed by atoms with Gasteiger partial charge in [-0.15, -0.1) is 5.10 Å². The van der Waals surface area contributed by atoms with E-state index < -0.39 is 0 Å². The number of carbonyl (C=O) groups is 1. The Balaban J connectivity index is 2.07. The van der Waals surface area contributed by atoms with Crippen LogP contribution in [0.4, 0.5) is 5.69 Å². The highest BCUT2D eigenvalue weighted by Gasteiger charge is 2.10. The van der Waals surface area contributed by atoms with Crippen molar-refractivity contribution >= 4 is 11.6 Å². The van der Waals surface area contributed by atoms with E-state index in [0.717, 1.165) is 5.75 Å². The molecule has 1 aromatic carbocycles. The van der Waals surface area contributed by atoms with E-state index in [1.807, 2.05) is 0 Å². The number of methoxy groups -OCH3 is 1. The van der Waals surface area contributed by atoms with E-state index in [2.05, 4.69) is 20.5 Å². The van der Waals surface area contributed by atoms with Gasteiger partial charge >= 0.3 is 0 Å². The lowest BCUT2D eigenvalue weighted by atomic mass is 10.3. The molecule has 2 N–H and O–H groups in total. The van der Waals surface area contributed by atoms with Crippen LogP contribution in [0.2, 0.25) is 0 Å². The Labute approximate surface area is 98.0 Å². The molecule has 2 aromatic rings. The zero-order chi connectivity index (χ0) is 12.3.